The second-order valence-electron chi connectivity index (χ2n) is 10.5. The van der Waals surface area contributed by atoms with Gasteiger partial charge in [0.15, 0.2) is 6.61 Å². The lowest BCUT2D eigenvalue weighted by Crippen LogP contribution is -2.62. The van der Waals surface area contributed by atoms with E-state index in [0.717, 1.165) is 19.3 Å². The molecule has 0 spiro atoms. The maximum atomic E-state index is 12.6. The van der Waals surface area contributed by atoms with Gasteiger partial charge in [0, 0.05) is 5.54 Å². The van der Waals surface area contributed by atoms with E-state index in [1.54, 1.807) is 32.0 Å². The summed E-state index contributed by atoms with van der Waals surface area (Å²) in [5.41, 5.74) is -0.242. The number of esters is 1. The molecule has 4 fully saturated rings. The minimum Gasteiger partial charge on any atom is -0.454 e. The van der Waals surface area contributed by atoms with E-state index < -0.39 is 46.5 Å². The Balaban J connectivity index is 1.27. The van der Waals surface area contributed by atoms with Crippen LogP contribution in [0.2, 0.25) is 0 Å². The molecule has 1 atom stereocenters. The number of urea groups is 1. The van der Waals surface area contributed by atoms with Crippen LogP contribution < -0.4 is 15.4 Å². The van der Waals surface area contributed by atoms with Gasteiger partial charge in [0.05, 0.1) is 4.90 Å². The molecule has 4 saturated carbocycles. The summed E-state index contributed by atoms with van der Waals surface area (Å²) in [6.07, 6.45) is 6.57. The molecule has 0 aliphatic heterocycles. The summed E-state index contributed by atoms with van der Waals surface area (Å²) in [6.45, 7) is 2.65. The summed E-state index contributed by atoms with van der Waals surface area (Å²) in [5.74, 6) is -0.119. The Bertz CT molecular complexity index is 1000. The van der Waals surface area contributed by atoms with Gasteiger partial charge in [-0.1, -0.05) is 32.0 Å². The van der Waals surface area contributed by atoms with E-state index in [9.17, 15) is 22.8 Å². The third kappa shape index (κ3) is 5.60. The van der Waals surface area contributed by atoms with Gasteiger partial charge < -0.3 is 10.1 Å². The number of carbonyl (C=O) groups is 3. The fraction of sp³-hybridized carbons (Fsp3) is 0.625. The van der Waals surface area contributed by atoms with Gasteiger partial charge in [0.2, 0.25) is 10.0 Å². The molecule has 3 N–H and O–H groups in total. The topological polar surface area (TPSA) is 131 Å². The first-order valence-electron chi connectivity index (χ1n) is 11.9. The summed E-state index contributed by atoms with van der Waals surface area (Å²) >= 11 is 0. The monoisotopic (exact) mass is 491 g/mol. The summed E-state index contributed by atoms with van der Waals surface area (Å²) in [5, 5.41) is 5.28. The Labute approximate surface area is 200 Å². The average Bonchev–Trinajstić information content (AvgIpc) is 2.75. The first-order chi connectivity index (χ1) is 16.1. The Kier molecular flexibility index (Phi) is 7.00. The number of benzene rings is 1. The molecule has 186 valence electrons. The second-order valence-corrected chi connectivity index (χ2v) is 12.2. The highest BCUT2D eigenvalue weighted by molar-refractivity contribution is 7.89. The van der Waals surface area contributed by atoms with E-state index in [1.165, 1.54) is 31.4 Å². The van der Waals surface area contributed by atoms with Gasteiger partial charge in [0.1, 0.15) is 6.04 Å². The quantitative estimate of drug-likeness (QED) is 0.479. The highest BCUT2D eigenvalue weighted by atomic mass is 32.2. The lowest BCUT2D eigenvalue weighted by molar-refractivity contribution is -0.150. The standard InChI is InChI=1S/C24H33N3O6S/c1-15(2)21(27-34(31,32)19-6-4-3-5-7-19)22(29)33-14-20(28)25-23(30)26-24-11-16-8-17(12-24)10-18(9-16)13-24/h3-7,15-18,21,27H,8-14H2,1-2H3,(H2,25,26,28,30)/t16?,17?,18?,21-,24?/m1/s1. The van der Waals surface area contributed by atoms with E-state index in [4.69, 9.17) is 4.74 Å². The van der Waals surface area contributed by atoms with Crippen molar-refractivity contribution < 1.29 is 27.5 Å². The van der Waals surface area contributed by atoms with Gasteiger partial charge in [-0.15, -0.1) is 0 Å². The van der Waals surface area contributed by atoms with Gasteiger partial charge in [-0.25, -0.2) is 13.2 Å². The van der Waals surface area contributed by atoms with Crippen LogP contribution in [0.15, 0.2) is 35.2 Å². The normalized spacial score (nSPS) is 28.4. The summed E-state index contributed by atoms with van der Waals surface area (Å²) in [6, 6.07) is 5.92. The van der Waals surface area contributed by atoms with Gasteiger partial charge in [0.25, 0.3) is 5.91 Å². The van der Waals surface area contributed by atoms with Gasteiger partial charge in [-0.2, -0.15) is 4.72 Å². The third-order valence-electron chi connectivity index (χ3n) is 7.27. The van der Waals surface area contributed by atoms with E-state index in [2.05, 4.69) is 15.4 Å². The Morgan fingerprint density at radius 3 is 2.09 bits per heavy atom. The van der Waals surface area contributed by atoms with Crippen LogP contribution in [-0.2, 0) is 24.3 Å². The Morgan fingerprint density at radius 1 is 1.00 bits per heavy atom. The molecule has 0 aromatic heterocycles. The van der Waals surface area contributed by atoms with E-state index in [-0.39, 0.29) is 10.4 Å². The van der Waals surface area contributed by atoms with Crippen LogP contribution in [0, 0.1) is 23.7 Å². The van der Waals surface area contributed by atoms with Crippen molar-refractivity contribution >= 4 is 27.9 Å². The zero-order chi connectivity index (χ0) is 24.5. The van der Waals surface area contributed by atoms with E-state index in [1.807, 2.05) is 0 Å². The lowest BCUT2D eigenvalue weighted by Gasteiger charge is -2.56. The van der Waals surface area contributed by atoms with Crippen molar-refractivity contribution in [2.45, 2.75) is 68.8 Å². The van der Waals surface area contributed by atoms with E-state index >= 15 is 0 Å². The van der Waals surface area contributed by atoms with Crippen LogP contribution in [0.4, 0.5) is 4.79 Å². The number of ether oxygens (including phenoxy) is 1. The highest BCUT2D eigenvalue weighted by Gasteiger charge is 2.51. The highest BCUT2D eigenvalue weighted by Crippen LogP contribution is 2.55. The molecule has 0 unspecified atom stereocenters. The molecule has 4 aliphatic carbocycles. The maximum absolute atomic E-state index is 12.6. The SMILES string of the molecule is CC(C)[C@@H](NS(=O)(=O)c1ccccc1)C(=O)OCC(=O)NC(=O)NC12CC3CC(CC(C3)C1)C2. The number of hydrogen-bond donors (Lipinski definition) is 3. The van der Waals surface area contributed by atoms with Crippen LogP contribution >= 0.6 is 0 Å². The first-order valence-corrected chi connectivity index (χ1v) is 13.4. The zero-order valence-corrected chi connectivity index (χ0v) is 20.4. The first kappa shape index (κ1) is 24.7. The van der Waals surface area contributed by atoms with E-state index in [0.29, 0.717) is 17.8 Å². The number of carbonyl (C=O) groups excluding carboxylic acids is 3. The van der Waals surface area contributed by atoms with Crippen molar-refractivity contribution in [1.29, 1.82) is 0 Å². The minimum atomic E-state index is -3.95. The fourth-order valence-electron chi connectivity index (χ4n) is 6.22. The van der Waals surface area contributed by atoms with Crippen molar-refractivity contribution in [1.82, 2.24) is 15.4 Å². The molecular formula is C24H33N3O6S. The molecule has 34 heavy (non-hydrogen) atoms. The maximum Gasteiger partial charge on any atom is 0.324 e. The van der Waals surface area contributed by atoms with Crippen molar-refractivity contribution in [2.75, 3.05) is 6.61 Å². The van der Waals surface area contributed by atoms with Crippen molar-refractivity contribution in [3.8, 4) is 0 Å². The zero-order valence-electron chi connectivity index (χ0n) is 19.6. The number of amides is 3. The molecule has 4 aliphatic rings. The predicted octanol–water partition coefficient (Wildman–Crippen LogP) is 2.33. The number of hydrogen-bond acceptors (Lipinski definition) is 6. The van der Waals surface area contributed by atoms with Crippen LogP contribution in [-0.4, -0.2) is 44.5 Å². The van der Waals surface area contributed by atoms with Crippen LogP contribution in [0.3, 0.4) is 0 Å². The number of imide groups is 1. The second kappa shape index (κ2) is 9.65. The summed E-state index contributed by atoms with van der Waals surface area (Å²) in [7, 11) is -3.95. The Morgan fingerprint density at radius 2 is 1.56 bits per heavy atom. The van der Waals surface area contributed by atoms with Gasteiger partial charge in [-0.3, -0.25) is 14.9 Å². The summed E-state index contributed by atoms with van der Waals surface area (Å²) < 4.78 is 32.6. The minimum absolute atomic E-state index is 0.0209. The molecule has 1 aromatic rings. The summed E-state index contributed by atoms with van der Waals surface area (Å²) in [4.78, 5) is 37.3. The average molecular weight is 492 g/mol. The third-order valence-corrected chi connectivity index (χ3v) is 8.73. The molecule has 0 heterocycles. The molecular weight excluding hydrogens is 458 g/mol. The van der Waals surface area contributed by atoms with Crippen LogP contribution in [0.5, 0.6) is 0 Å². The molecule has 1 aromatic carbocycles. The number of rotatable bonds is 8. The Hall–Kier alpha value is -2.46. The van der Waals surface area contributed by atoms with Crippen LogP contribution in [0.25, 0.3) is 0 Å². The number of sulfonamides is 1. The molecule has 3 amide bonds. The molecule has 5 rings (SSSR count). The molecule has 4 bridgehead atoms. The van der Waals surface area contributed by atoms with Gasteiger partial charge in [-0.05, 0) is 74.3 Å². The van der Waals surface area contributed by atoms with Crippen molar-refractivity contribution in [3.63, 3.8) is 0 Å². The van der Waals surface area contributed by atoms with Crippen molar-refractivity contribution in [2.24, 2.45) is 23.7 Å². The predicted molar refractivity (Wildman–Crippen MR) is 124 cm³/mol. The molecule has 10 heteroatoms. The molecule has 0 radical (unpaired) electrons. The van der Waals surface area contributed by atoms with Crippen molar-refractivity contribution in [3.05, 3.63) is 30.3 Å². The largest absolute Gasteiger partial charge is 0.454 e. The van der Waals surface area contributed by atoms with Gasteiger partial charge >= 0.3 is 12.0 Å². The smallest absolute Gasteiger partial charge is 0.324 e. The lowest BCUT2D eigenvalue weighted by atomic mass is 9.53. The molecule has 9 nitrogen and oxygen atoms in total. The fourth-order valence-corrected chi connectivity index (χ4v) is 7.57. The van der Waals surface area contributed by atoms with Crippen LogP contribution in [0.1, 0.15) is 52.4 Å². The number of nitrogens with one attached hydrogen (secondary N) is 3. The molecule has 0 saturated heterocycles.